The monoisotopic (exact) mass is 471 g/mol. The van der Waals surface area contributed by atoms with E-state index in [1.807, 2.05) is 13.1 Å². The van der Waals surface area contributed by atoms with E-state index >= 15 is 0 Å². The number of rotatable bonds is 3. The van der Waals surface area contributed by atoms with Crippen molar-refractivity contribution in [1.82, 2.24) is 10.6 Å². The highest BCUT2D eigenvalue weighted by Crippen LogP contribution is 2.52. The Bertz CT molecular complexity index is 664. The molecule has 0 amide bonds. The molecule has 2 N–H and O–H groups in total. The van der Waals surface area contributed by atoms with Crippen LogP contribution in [0.3, 0.4) is 0 Å². The van der Waals surface area contributed by atoms with Gasteiger partial charge in [0.15, 0.2) is 5.96 Å². The van der Waals surface area contributed by atoms with E-state index in [0.717, 1.165) is 44.3 Å². The third-order valence-electron chi connectivity index (χ3n) is 6.21. The molecule has 1 aromatic carbocycles. The lowest BCUT2D eigenvalue weighted by molar-refractivity contribution is -0.106. The highest BCUT2D eigenvalue weighted by atomic mass is 127. The normalized spacial score (nSPS) is 31.6. The van der Waals surface area contributed by atoms with Crippen LogP contribution < -0.4 is 15.4 Å². The molecule has 6 heteroatoms. The maximum absolute atomic E-state index is 5.89. The smallest absolute Gasteiger partial charge is 0.191 e. The van der Waals surface area contributed by atoms with Gasteiger partial charge in [-0.3, -0.25) is 4.99 Å². The summed E-state index contributed by atoms with van der Waals surface area (Å²) in [5.41, 5.74) is 1.45. The molecule has 2 aliphatic heterocycles. The fourth-order valence-corrected chi connectivity index (χ4v) is 4.81. The third kappa shape index (κ3) is 3.42. The van der Waals surface area contributed by atoms with Gasteiger partial charge in [0.25, 0.3) is 0 Å². The van der Waals surface area contributed by atoms with E-state index in [2.05, 4.69) is 47.7 Å². The van der Waals surface area contributed by atoms with Crippen LogP contribution in [0.15, 0.2) is 29.3 Å². The lowest BCUT2D eigenvalue weighted by Crippen LogP contribution is -2.68. The zero-order valence-corrected chi connectivity index (χ0v) is 18.2. The zero-order valence-electron chi connectivity index (χ0n) is 15.8. The van der Waals surface area contributed by atoms with Gasteiger partial charge in [-0.1, -0.05) is 32.0 Å². The van der Waals surface area contributed by atoms with Gasteiger partial charge < -0.3 is 20.1 Å². The zero-order chi connectivity index (χ0) is 17.4. The number of fused-ring (bicyclic) bond motifs is 2. The van der Waals surface area contributed by atoms with Crippen molar-refractivity contribution in [2.75, 3.05) is 26.8 Å². The maximum atomic E-state index is 5.89. The second-order valence-electron chi connectivity index (χ2n) is 8.01. The van der Waals surface area contributed by atoms with Crippen molar-refractivity contribution in [2.45, 2.75) is 44.8 Å². The molecule has 1 aromatic rings. The summed E-state index contributed by atoms with van der Waals surface area (Å²) in [4.78, 5) is 4.45. The largest absolute Gasteiger partial charge is 0.493 e. The van der Waals surface area contributed by atoms with Crippen molar-refractivity contribution in [1.29, 1.82) is 0 Å². The van der Waals surface area contributed by atoms with Crippen LogP contribution >= 0.6 is 24.0 Å². The molecule has 2 heterocycles. The molecule has 4 rings (SSSR count). The number of nitrogens with one attached hydrogen (secondary N) is 2. The molecule has 1 saturated carbocycles. The summed E-state index contributed by atoms with van der Waals surface area (Å²) in [5.74, 6) is 2.99. The van der Waals surface area contributed by atoms with Crippen molar-refractivity contribution >= 4 is 29.9 Å². The van der Waals surface area contributed by atoms with E-state index in [4.69, 9.17) is 9.47 Å². The number of aliphatic imine (C=N–C) groups is 1. The summed E-state index contributed by atoms with van der Waals surface area (Å²) in [7, 11) is 1.85. The van der Waals surface area contributed by atoms with Gasteiger partial charge in [0, 0.05) is 43.5 Å². The first kappa shape index (κ1) is 19.7. The molecular formula is C20H30IN3O2. The SMILES string of the molecule is CN=C(NCC1CCOc2ccccc21)NC1C2CCOC2C1(C)C.I. The number of ether oxygens (including phenoxy) is 2. The molecule has 2 fully saturated rings. The van der Waals surface area contributed by atoms with E-state index in [9.17, 15) is 0 Å². The fourth-order valence-electron chi connectivity index (χ4n) is 4.81. The van der Waals surface area contributed by atoms with Crippen LogP contribution in [-0.2, 0) is 4.74 Å². The number of para-hydroxylation sites is 1. The summed E-state index contributed by atoms with van der Waals surface area (Å²) >= 11 is 0. The fraction of sp³-hybridized carbons (Fsp3) is 0.650. The Morgan fingerprint density at radius 2 is 2.04 bits per heavy atom. The number of nitrogens with zero attached hydrogens (tertiary/aromatic N) is 1. The summed E-state index contributed by atoms with van der Waals surface area (Å²) in [5, 5.41) is 7.20. The first-order valence-electron chi connectivity index (χ1n) is 9.42. The molecular weight excluding hydrogens is 441 g/mol. The molecule has 144 valence electrons. The number of hydrogen-bond acceptors (Lipinski definition) is 3. The van der Waals surface area contributed by atoms with Crippen molar-refractivity contribution in [3.05, 3.63) is 29.8 Å². The van der Waals surface area contributed by atoms with Crippen LogP contribution in [0.25, 0.3) is 0 Å². The molecule has 3 aliphatic rings. The Balaban J connectivity index is 0.00000196. The van der Waals surface area contributed by atoms with Gasteiger partial charge in [-0.2, -0.15) is 0 Å². The van der Waals surface area contributed by atoms with Gasteiger partial charge in [0.2, 0.25) is 0 Å². The molecule has 1 aliphatic carbocycles. The van der Waals surface area contributed by atoms with Gasteiger partial charge in [0.05, 0.1) is 12.7 Å². The Hall–Kier alpha value is -1.02. The second kappa shape index (κ2) is 7.92. The molecule has 4 unspecified atom stereocenters. The van der Waals surface area contributed by atoms with Gasteiger partial charge in [-0.15, -0.1) is 24.0 Å². The highest BCUT2D eigenvalue weighted by molar-refractivity contribution is 14.0. The van der Waals surface area contributed by atoms with Crippen LogP contribution in [0.1, 0.15) is 38.2 Å². The number of guanidine groups is 1. The molecule has 0 aromatic heterocycles. The summed E-state index contributed by atoms with van der Waals surface area (Å²) in [6.45, 7) is 7.13. The second-order valence-corrected chi connectivity index (χ2v) is 8.01. The average molecular weight is 471 g/mol. The lowest BCUT2D eigenvalue weighted by atomic mass is 9.57. The van der Waals surface area contributed by atoms with Crippen LogP contribution in [0.2, 0.25) is 0 Å². The molecule has 0 radical (unpaired) electrons. The summed E-state index contributed by atoms with van der Waals surface area (Å²) in [6, 6.07) is 8.78. The summed E-state index contributed by atoms with van der Waals surface area (Å²) in [6.07, 6.45) is 2.58. The van der Waals surface area contributed by atoms with Gasteiger partial charge in [0.1, 0.15) is 5.75 Å². The minimum Gasteiger partial charge on any atom is -0.493 e. The predicted octanol–water partition coefficient (Wildman–Crippen LogP) is 3.15. The minimum absolute atomic E-state index is 0. The molecule has 4 atom stereocenters. The van der Waals surface area contributed by atoms with Crippen molar-refractivity contribution in [2.24, 2.45) is 16.3 Å². The Kier molecular flexibility index (Phi) is 6.01. The quantitative estimate of drug-likeness (QED) is 0.404. The van der Waals surface area contributed by atoms with E-state index in [1.54, 1.807) is 0 Å². The van der Waals surface area contributed by atoms with E-state index < -0.39 is 0 Å². The highest BCUT2D eigenvalue weighted by Gasteiger charge is 2.59. The maximum Gasteiger partial charge on any atom is 0.191 e. The first-order valence-corrected chi connectivity index (χ1v) is 9.42. The average Bonchev–Trinajstić information content (AvgIpc) is 3.09. The lowest BCUT2D eigenvalue weighted by Gasteiger charge is -2.55. The number of hydrogen-bond donors (Lipinski definition) is 2. The molecule has 1 saturated heterocycles. The van der Waals surface area contributed by atoms with E-state index in [-0.39, 0.29) is 29.4 Å². The molecule has 0 bridgehead atoms. The number of benzene rings is 1. The van der Waals surface area contributed by atoms with E-state index in [1.165, 1.54) is 5.56 Å². The van der Waals surface area contributed by atoms with Gasteiger partial charge >= 0.3 is 0 Å². The van der Waals surface area contributed by atoms with Crippen molar-refractivity contribution in [3.8, 4) is 5.75 Å². The van der Waals surface area contributed by atoms with Crippen molar-refractivity contribution in [3.63, 3.8) is 0 Å². The van der Waals surface area contributed by atoms with Crippen LogP contribution in [0, 0.1) is 11.3 Å². The summed E-state index contributed by atoms with van der Waals surface area (Å²) < 4.78 is 11.7. The first-order chi connectivity index (χ1) is 12.1. The Labute approximate surface area is 173 Å². The van der Waals surface area contributed by atoms with Gasteiger partial charge in [-0.05, 0) is 24.5 Å². The topological polar surface area (TPSA) is 54.9 Å². The molecule has 26 heavy (non-hydrogen) atoms. The standard InChI is InChI=1S/C20H29N3O2.HI/c1-20(2)17(15-9-11-25-18(15)20)23-19(21-3)22-12-13-8-10-24-16-7-5-4-6-14(13)16;/h4-7,13,15,17-18H,8-12H2,1-3H3,(H2,21,22,23);1H. The minimum atomic E-state index is 0. The Morgan fingerprint density at radius 3 is 2.85 bits per heavy atom. The third-order valence-corrected chi connectivity index (χ3v) is 6.21. The van der Waals surface area contributed by atoms with Crippen molar-refractivity contribution < 1.29 is 9.47 Å². The molecule has 5 nitrogen and oxygen atoms in total. The predicted molar refractivity (Wildman–Crippen MR) is 115 cm³/mol. The van der Waals surface area contributed by atoms with Gasteiger partial charge in [-0.25, -0.2) is 0 Å². The van der Waals surface area contributed by atoms with E-state index in [0.29, 0.717) is 24.0 Å². The van der Waals surface area contributed by atoms with Crippen LogP contribution in [0.4, 0.5) is 0 Å². The Morgan fingerprint density at radius 1 is 1.23 bits per heavy atom. The van der Waals surface area contributed by atoms with Crippen LogP contribution in [0.5, 0.6) is 5.75 Å². The number of halogens is 1. The van der Waals surface area contributed by atoms with Crippen LogP contribution in [-0.4, -0.2) is 44.9 Å². The molecule has 0 spiro atoms.